The molecule has 1 fully saturated rings. The number of nitrogens with one attached hydrogen (secondary N) is 2. The van der Waals surface area contributed by atoms with Gasteiger partial charge in [0.1, 0.15) is 11.6 Å². The number of hydrogen-bond donors (Lipinski definition) is 2. The molecule has 1 aromatic heterocycles. The first kappa shape index (κ1) is 11.8. The van der Waals surface area contributed by atoms with Gasteiger partial charge in [-0.3, -0.25) is 4.79 Å². The fraction of sp³-hybridized carbons (Fsp3) is 0.545. The van der Waals surface area contributed by atoms with Crippen LogP contribution in [-0.4, -0.2) is 34.6 Å². The molecule has 0 saturated carbocycles. The Balaban J connectivity index is 1.91. The quantitative estimate of drug-likeness (QED) is 0.772. The van der Waals surface area contributed by atoms with E-state index in [4.69, 9.17) is 0 Å². The van der Waals surface area contributed by atoms with Crippen LogP contribution in [-0.2, 0) is 9.59 Å². The maximum Gasteiger partial charge on any atom is 0.225 e. The summed E-state index contributed by atoms with van der Waals surface area (Å²) in [5.41, 5.74) is 0. The average molecular weight is 236 g/mol. The smallest absolute Gasteiger partial charge is 0.225 e. The van der Waals surface area contributed by atoms with E-state index in [1.165, 1.54) is 6.92 Å². The topological polar surface area (TPSA) is 76.0 Å². The minimum absolute atomic E-state index is 0.0249. The van der Waals surface area contributed by atoms with Crippen LogP contribution in [0.3, 0.4) is 0 Å². The SMILES string of the molecule is CC(=O)CCC(=O)Nc1ccnn1C1CNC1. The van der Waals surface area contributed by atoms with Crippen molar-refractivity contribution in [2.24, 2.45) is 0 Å². The van der Waals surface area contributed by atoms with Crippen LogP contribution >= 0.6 is 0 Å². The number of rotatable bonds is 5. The van der Waals surface area contributed by atoms with Crippen molar-refractivity contribution in [3.05, 3.63) is 12.3 Å². The van der Waals surface area contributed by atoms with E-state index >= 15 is 0 Å². The molecule has 17 heavy (non-hydrogen) atoms. The van der Waals surface area contributed by atoms with Crippen molar-refractivity contribution in [3.8, 4) is 0 Å². The zero-order valence-corrected chi connectivity index (χ0v) is 9.77. The third kappa shape index (κ3) is 2.91. The molecule has 1 aliphatic heterocycles. The normalized spacial score (nSPS) is 15.4. The van der Waals surface area contributed by atoms with Gasteiger partial charge in [-0.15, -0.1) is 0 Å². The second-order valence-electron chi connectivity index (χ2n) is 4.22. The average Bonchev–Trinajstić information content (AvgIpc) is 2.61. The Morgan fingerprint density at radius 2 is 2.29 bits per heavy atom. The molecule has 1 aliphatic rings. The number of nitrogens with zero attached hydrogens (tertiary/aromatic N) is 2. The number of hydrogen-bond acceptors (Lipinski definition) is 4. The van der Waals surface area contributed by atoms with Crippen LogP contribution < -0.4 is 10.6 Å². The summed E-state index contributed by atoms with van der Waals surface area (Å²) in [7, 11) is 0. The van der Waals surface area contributed by atoms with Gasteiger partial charge in [0, 0.05) is 32.0 Å². The molecular formula is C11H16N4O2. The van der Waals surface area contributed by atoms with Gasteiger partial charge in [0.2, 0.25) is 5.91 Å². The summed E-state index contributed by atoms with van der Waals surface area (Å²) in [6.07, 6.45) is 2.17. The minimum Gasteiger partial charge on any atom is -0.312 e. The Hall–Kier alpha value is -1.69. The summed E-state index contributed by atoms with van der Waals surface area (Å²) in [6.45, 7) is 3.23. The van der Waals surface area contributed by atoms with E-state index in [0.29, 0.717) is 11.9 Å². The Kier molecular flexibility index (Phi) is 3.53. The van der Waals surface area contributed by atoms with Gasteiger partial charge in [-0.25, -0.2) is 4.68 Å². The highest BCUT2D eigenvalue weighted by Crippen LogP contribution is 2.17. The van der Waals surface area contributed by atoms with Crippen LogP contribution in [0, 0.1) is 0 Å². The highest BCUT2D eigenvalue weighted by Gasteiger charge is 2.22. The van der Waals surface area contributed by atoms with Gasteiger partial charge < -0.3 is 15.4 Å². The number of anilines is 1. The second kappa shape index (κ2) is 5.09. The minimum atomic E-state index is -0.144. The van der Waals surface area contributed by atoms with Gasteiger partial charge in [-0.2, -0.15) is 5.10 Å². The fourth-order valence-electron chi connectivity index (χ4n) is 1.65. The van der Waals surface area contributed by atoms with E-state index in [-0.39, 0.29) is 24.5 Å². The summed E-state index contributed by atoms with van der Waals surface area (Å²) in [5, 5.41) is 10.1. The van der Waals surface area contributed by atoms with Crippen molar-refractivity contribution in [1.82, 2.24) is 15.1 Å². The Morgan fingerprint density at radius 1 is 1.53 bits per heavy atom. The van der Waals surface area contributed by atoms with Crippen molar-refractivity contribution in [3.63, 3.8) is 0 Å². The van der Waals surface area contributed by atoms with Crippen LogP contribution in [0.15, 0.2) is 12.3 Å². The monoisotopic (exact) mass is 236 g/mol. The van der Waals surface area contributed by atoms with E-state index in [2.05, 4.69) is 15.7 Å². The molecule has 0 atom stereocenters. The zero-order chi connectivity index (χ0) is 12.3. The highest BCUT2D eigenvalue weighted by molar-refractivity contribution is 5.92. The van der Waals surface area contributed by atoms with Crippen LogP contribution in [0.25, 0.3) is 0 Å². The lowest BCUT2D eigenvalue weighted by Gasteiger charge is -2.28. The number of Topliss-reactive ketones (excluding diaryl/α,β-unsaturated/α-hetero) is 1. The van der Waals surface area contributed by atoms with Crippen molar-refractivity contribution >= 4 is 17.5 Å². The molecule has 2 N–H and O–H groups in total. The number of carbonyl (C=O) groups excluding carboxylic acids is 2. The molecule has 2 heterocycles. The fourth-order valence-corrected chi connectivity index (χ4v) is 1.65. The van der Waals surface area contributed by atoms with E-state index in [0.717, 1.165) is 13.1 Å². The molecule has 6 nitrogen and oxygen atoms in total. The summed E-state index contributed by atoms with van der Waals surface area (Å²) < 4.78 is 1.81. The molecule has 0 aliphatic carbocycles. The van der Waals surface area contributed by atoms with Crippen molar-refractivity contribution < 1.29 is 9.59 Å². The Morgan fingerprint density at radius 3 is 2.88 bits per heavy atom. The van der Waals surface area contributed by atoms with Gasteiger partial charge >= 0.3 is 0 Å². The first-order chi connectivity index (χ1) is 8.16. The van der Waals surface area contributed by atoms with Gasteiger partial charge in [0.05, 0.1) is 12.2 Å². The van der Waals surface area contributed by atoms with Crippen molar-refractivity contribution in [2.45, 2.75) is 25.8 Å². The standard InChI is InChI=1S/C11H16N4O2/c1-8(16)2-3-11(17)14-10-4-5-13-15(10)9-6-12-7-9/h4-5,9,12H,2-3,6-7H2,1H3,(H,14,17). The molecule has 6 heteroatoms. The molecule has 1 amide bonds. The molecule has 92 valence electrons. The molecular weight excluding hydrogens is 220 g/mol. The molecule has 0 spiro atoms. The molecule has 0 bridgehead atoms. The zero-order valence-electron chi connectivity index (χ0n) is 9.77. The summed E-state index contributed by atoms with van der Waals surface area (Å²) >= 11 is 0. The maximum atomic E-state index is 11.6. The van der Waals surface area contributed by atoms with Crippen molar-refractivity contribution in [1.29, 1.82) is 0 Å². The molecule has 0 radical (unpaired) electrons. The van der Waals surface area contributed by atoms with Gasteiger partial charge in [0.15, 0.2) is 0 Å². The Bertz CT molecular complexity index is 423. The largest absolute Gasteiger partial charge is 0.312 e. The lowest BCUT2D eigenvalue weighted by atomic mass is 10.2. The highest BCUT2D eigenvalue weighted by atomic mass is 16.2. The summed E-state index contributed by atoms with van der Waals surface area (Å²) in [6, 6.07) is 2.08. The maximum absolute atomic E-state index is 11.6. The predicted octanol–water partition coefficient (Wildman–Crippen LogP) is 0.335. The third-order valence-corrected chi connectivity index (χ3v) is 2.75. The first-order valence-electron chi connectivity index (χ1n) is 5.70. The van der Waals surface area contributed by atoms with Crippen molar-refractivity contribution in [2.75, 3.05) is 18.4 Å². The second-order valence-corrected chi connectivity index (χ2v) is 4.22. The third-order valence-electron chi connectivity index (χ3n) is 2.75. The number of carbonyl (C=O) groups is 2. The van der Waals surface area contributed by atoms with Crippen LogP contribution in [0.5, 0.6) is 0 Å². The molecule has 1 saturated heterocycles. The number of aromatic nitrogens is 2. The first-order valence-corrected chi connectivity index (χ1v) is 5.70. The number of ketones is 1. The van der Waals surface area contributed by atoms with E-state index in [1.54, 1.807) is 12.3 Å². The van der Waals surface area contributed by atoms with Gasteiger partial charge in [0.25, 0.3) is 0 Å². The van der Waals surface area contributed by atoms with Crippen LogP contribution in [0.4, 0.5) is 5.82 Å². The van der Waals surface area contributed by atoms with Gasteiger partial charge in [-0.05, 0) is 6.92 Å². The van der Waals surface area contributed by atoms with E-state index in [1.807, 2.05) is 4.68 Å². The lowest BCUT2D eigenvalue weighted by Crippen LogP contribution is -2.44. The van der Waals surface area contributed by atoms with E-state index in [9.17, 15) is 9.59 Å². The van der Waals surface area contributed by atoms with E-state index < -0.39 is 0 Å². The van der Waals surface area contributed by atoms with Gasteiger partial charge in [-0.1, -0.05) is 0 Å². The predicted molar refractivity (Wildman–Crippen MR) is 62.7 cm³/mol. The molecule has 0 aromatic carbocycles. The lowest BCUT2D eigenvalue weighted by molar-refractivity contribution is -0.121. The molecule has 2 rings (SSSR count). The Labute approximate surface area is 99.4 Å². The molecule has 0 unspecified atom stereocenters. The summed E-state index contributed by atoms with van der Waals surface area (Å²) in [4.78, 5) is 22.4. The van der Waals surface area contributed by atoms with Crippen LogP contribution in [0.1, 0.15) is 25.8 Å². The van der Waals surface area contributed by atoms with Crippen LogP contribution in [0.2, 0.25) is 0 Å². The number of amides is 1. The summed E-state index contributed by atoms with van der Waals surface area (Å²) in [5.74, 6) is 0.580. The molecule has 1 aromatic rings.